The molecule has 1 saturated heterocycles. The molecule has 38 heavy (non-hydrogen) atoms. The molecule has 5 rings (SSSR count). The molecule has 0 saturated carbocycles. The number of fused-ring (bicyclic) bond motifs is 2. The zero-order chi connectivity index (χ0) is 26.9. The highest BCUT2D eigenvalue weighted by atomic mass is 35.5. The van der Waals surface area contributed by atoms with Gasteiger partial charge in [0.05, 0.1) is 10.0 Å². The van der Waals surface area contributed by atoms with Crippen LogP contribution in [-0.4, -0.2) is 37.5 Å². The summed E-state index contributed by atoms with van der Waals surface area (Å²) in [5.41, 5.74) is 8.53. The Kier molecular flexibility index (Phi) is 8.00. The van der Waals surface area contributed by atoms with Crippen LogP contribution in [-0.2, 0) is 5.41 Å². The third-order valence-corrected chi connectivity index (χ3v) is 9.47. The number of carbonyl (C=O) groups excluding carboxylic acids is 1. The summed E-state index contributed by atoms with van der Waals surface area (Å²) in [7, 11) is 1.91. The predicted octanol–water partition coefficient (Wildman–Crippen LogP) is 7.96. The van der Waals surface area contributed by atoms with Crippen LogP contribution in [0.15, 0.2) is 66.2 Å². The molecule has 198 valence electrons. The lowest BCUT2D eigenvalue weighted by atomic mass is 9.69. The average molecular weight is 548 g/mol. The van der Waals surface area contributed by atoms with Gasteiger partial charge in [0.2, 0.25) is 0 Å². The third-order valence-electron chi connectivity index (χ3n) is 8.73. The fourth-order valence-corrected chi connectivity index (χ4v) is 6.68. The summed E-state index contributed by atoms with van der Waals surface area (Å²) >= 11 is 12.7. The van der Waals surface area contributed by atoms with Crippen LogP contribution in [0.25, 0.3) is 6.08 Å². The SMILES string of the molecule is Cc1cccc(C(=O)N(C)C[C@@H](CCC2=Cc3ccccc3C23CCNCC3)c2ccc(Cl)c(Cl)c2)c1C. The van der Waals surface area contributed by atoms with Gasteiger partial charge in [-0.2, -0.15) is 0 Å². The Labute approximate surface area is 236 Å². The van der Waals surface area contributed by atoms with Crippen LogP contribution in [0.5, 0.6) is 0 Å². The van der Waals surface area contributed by atoms with E-state index < -0.39 is 0 Å². The molecule has 5 heteroatoms. The number of nitrogens with zero attached hydrogens (tertiary/aromatic N) is 1. The maximum Gasteiger partial charge on any atom is 0.253 e. The van der Waals surface area contributed by atoms with Crippen molar-refractivity contribution < 1.29 is 4.79 Å². The van der Waals surface area contributed by atoms with Gasteiger partial charge >= 0.3 is 0 Å². The second-order valence-electron chi connectivity index (χ2n) is 10.9. The molecule has 0 bridgehead atoms. The molecule has 3 aromatic rings. The van der Waals surface area contributed by atoms with E-state index in [0.29, 0.717) is 16.6 Å². The number of allylic oxidation sites excluding steroid dienone is 1. The highest BCUT2D eigenvalue weighted by Crippen LogP contribution is 2.50. The molecule has 3 nitrogen and oxygen atoms in total. The highest BCUT2D eigenvalue weighted by molar-refractivity contribution is 6.42. The first kappa shape index (κ1) is 27.0. The van der Waals surface area contributed by atoms with Crippen molar-refractivity contribution in [3.8, 4) is 0 Å². The number of piperidine rings is 1. The number of halogens is 2. The minimum absolute atomic E-state index is 0.0542. The highest BCUT2D eigenvalue weighted by Gasteiger charge is 2.41. The smallest absolute Gasteiger partial charge is 0.253 e. The van der Waals surface area contributed by atoms with Crippen molar-refractivity contribution in [3.05, 3.63) is 110 Å². The Morgan fingerprint density at radius 1 is 1.00 bits per heavy atom. The number of benzene rings is 3. The van der Waals surface area contributed by atoms with Crippen molar-refractivity contribution in [2.75, 3.05) is 26.7 Å². The van der Waals surface area contributed by atoms with E-state index in [1.54, 1.807) is 0 Å². The van der Waals surface area contributed by atoms with Gasteiger partial charge in [-0.3, -0.25) is 4.79 Å². The van der Waals surface area contributed by atoms with Crippen molar-refractivity contribution in [2.45, 2.75) is 50.9 Å². The first-order valence-electron chi connectivity index (χ1n) is 13.6. The van der Waals surface area contributed by atoms with Gasteiger partial charge in [-0.05, 0) is 98.6 Å². The zero-order valence-corrected chi connectivity index (χ0v) is 24.0. The molecule has 1 amide bonds. The molecule has 2 aliphatic rings. The van der Waals surface area contributed by atoms with Crippen LogP contribution in [0.3, 0.4) is 0 Å². The minimum atomic E-state index is 0.0542. The van der Waals surface area contributed by atoms with E-state index in [9.17, 15) is 4.79 Å². The Morgan fingerprint density at radius 2 is 1.76 bits per heavy atom. The lowest BCUT2D eigenvalue weighted by Crippen LogP contribution is -2.40. The van der Waals surface area contributed by atoms with Crippen LogP contribution >= 0.6 is 23.2 Å². The first-order chi connectivity index (χ1) is 18.3. The number of aryl methyl sites for hydroxylation is 1. The van der Waals surface area contributed by atoms with E-state index in [1.807, 2.05) is 43.1 Å². The van der Waals surface area contributed by atoms with Crippen molar-refractivity contribution in [3.63, 3.8) is 0 Å². The topological polar surface area (TPSA) is 32.3 Å². The first-order valence-corrected chi connectivity index (χ1v) is 14.3. The van der Waals surface area contributed by atoms with Gasteiger partial charge in [-0.15, -0.1) is 0 Å². The monoisotopic (exact) mass is 546 g/mol. The van der Waals surface area contributed by atoms with Crippen LogP contribution in [0.2, 0.25) is 10.0 Å². The second-order valence-corrected chi connectivity index (χ2v) is 11.7. The van der Waals surface area contributed by atoms with Gasteiger partial charge in [-0.25, -0.2) is 0 Å². The number of likely N-dealkylation sites (N-methyl/N-ethyl adjacent to an activating group) is 1. The van der Waals surface area contributed by atoms with E-state index >= 15 is 0 Å². The minimum Gasteiger partial charge on any atom is -0.341 e. The summed E-state index contributed by atoms with van der Waals surface area (Å²) in [4.78, 5) is 15.4. The molecule has 1 atom stereocenters. The normalized spacial score (nSPS) is 16.7. The lowest BCUT2D eigenvalue weighted by molar-refractivity contribution is 0.0784. The molecule has 1 aliphatic carbocycles. The maximum absolute atomic E-state index is 13.5. The summed E-state index contributed by atoms with van der Waals surface area (Å²) in [6.45, 7) is 6.76. The van der Waals surface area contributed by atoms with Crippen LogP contribution in [0, 0.1) is 13.8 Å². The third kappa shape index (κ3) is 5.17. The number of nitrogens with one attached hydrogen (secondary N) is 1. The zero-order valence-electron chi connectivity index (χ0n) is 22.5. The molecule has 0 radical (unpaired) electrons. The molecule has 1 aliphatic heterocycles. The molecule has 0 unspecified atom stereocenters. The Balaban J connectivity index is 1.41. The van der Waals surface area contributed by atoms with E-state index in [4.69, 9.17) is 23.2 Å². The molecule has 0 aromatic heterocycles. The summed E-state index contributed by atoms with van der Waals surface area (Å²) in [5.74, 6) is 0.186. The molecule has 1 spiro atoms. The average Bonchev–Trinajstić information content (AvgIpc) is 3.22. The molecule has 3 aromatic carbocycles. The molecular weight excluding hydrogens is 511 g/mol. The molecule has 1 heterocycles. The van der Waals surface area contributed by atoms with Crippen molar-refractivity contribution in [1.82, 2.24) is 10.2 Å². The largest absolute Gasteiger partial charge is 0.341 e. The van der Waals surface area contributed by atoms with Gasteiger partial charge in [0.25, 0.3) is 5.91 Å². The fourth-order valence-electron chi connectivity index (χ4n) is 6.37. The predicted molar refractivity (Wildman–Crippen MR) is 160 cm³/mol. The quantitative estimate of drug-likeness (QED) is 0.326. The van der Waals surface area contributed by atoms with E-state index in [-0.39, 0.29) is 17.2 Å². The van der Waals surface area contributed by atoms with E-state index in [1.165, 1.54) is 16.7 Å². The summed E-state index contributed by atoms with van der Waals surface area (Å²) in [6, 6.07) is 20.7. The summed E-state index contributed by atoms with van der Waals surface area (Å²) in [5, 5.41) is 4.66. The fraction of sp³-hybridized carbons (Fsp3) is 0.364. The molecule has 1 fully saturated rings. The van der Waals surface area contributed by atoms with Gasteiger partial charge in [-0.1, -0.05) is 77.3 Å². The van der Waals surface area contributed by atoms with E-state index in [0.717, 1.165) is 61.0 Å². The second kappa shape index (κ2) is 11.3. The Hall–Kier alpha value is -2.59. The Bertz CT molecular complexity index is 1370. The van der Waals surface area contributed by atoms with E-state index in [2.05, 4.69) is 54.7 Å². The summed E-state index contributed by atoms with van der Waals surface area (Å²) in [6.07, 6.45) is 6.58. The number of carbonyl (C=O) groups is 1. The maximum atomic E-state index is 13.5. The standard InChI is InChI=1S/C33H36Cl2N2O/c1-22-7-6-9-28(23(22)2)32(38)37(3)21-26(24-12-14-30(34)31(35)20-24)11-13-27-19-25-8-4-5-10-29(25)33(27)15-17-36-18-16-33/h4-10,12,14,19-20,26,36H,11,13,15-18,21H2,1-3H3/t26-/m1/s1. The number of rotatable bonds is 7. The van der Waals surface area contributed by atoms with Crippen LogP contribution in [0.4, 0.5) is 0 Å². The van der Waals surface area contributed by atoms with Crippen molar-refractivity contribution in [1.29, 1.82) is 0 Å². The number of hydrogen-bond acceptors (Lipinski definition) is 2. The number of hydrogen-bond donors (Lipinski definition) is 1. The van der Waals surface area contributed by atoms with Crippen molar-refractivity contribution >= 4 is 35.2 Å². The van der Waals surface area contributed by atoms with Crippen molar-refractivity contribution in [2.24, 2.45) is 0 Å². The Morgan fingerprint density at radius 3 is 2.53 bits per heavy atom. The van der Waals surface area contributed by atoms with Crippen LogP contribution < -0.4 is 5.32 Å². The lowest BCUT2D eigenvalue weighted by Gasteiger charge is -2.38. The van der Waals surface area contributed by atoms with Gasteiger partial charge in [0.15, 0.2) is 0 Å². The van der Waals surface area contributed by atoms with Gasteiger partial charge < -0.3 is 10.2 Å². The summed E-state index contributed by atoms with van der Waals surface area (Å²) < 4.78 is 0. The number of amides is 1. The van der Waals surface area contributed by atoms with Gasteiger partial charge in [0, 0.05) is 30.5 Å². The van der Waals surface area contributed by atoms with Gasteiger partial charge in [0.1, 0.15) is 0 Å². The van der Waals surface area contributed by atoms with Crippen LogP contribution in [0.1, 0.15) is 69.8 Å². The molecule has 1 N–H and O–H groups in total. The molecular formula is C33H36Cl2N2O.